The van der Waals surface area contributed by atoms with Crippen molar-refractivity contribution in [3.05, 3.63) is 52.6 Å². The van der Waals surface area contributed by atoms with Crippen LogP contribution in [-0.4, -0.2) is 62.9 Å². The molecule has 14 heteroatoms. The van der Waals surface area contributed by atoms with Crippen molar-refractivity contribution in [1.29, 1.82) is 0 Å². The normalized spacial score (nSPS) is 12.6. The van der Waals surface area contributed by atoms with Gasteiger partial charge in [0.2, 0.25) is 5.95 Å². The first kappa shape index (κ1) is 28.1. The van der Waals surface area contributed by atoms with E-state index in [1.54, 1.807) is 26.0 Å². The number of rotatable bonds is 12. The highest BCUT2D eigenvalue weighted by Crippen LogP contribution is 2.10. The zero-order valence-electron chi connectivity index (χ0n) is 21.2. The van der Waals surface area contributed by atoms with Gasteiger partial charge in [-0.2, -0.15) is 4.98 Å². The lowest BCUT2D eigenvalue weighted by molar-refractivity contribution is -0.158. The second kappa shape index (κ2) is 13.2. The van der Waals surface area contributed by atoms with Gasteiger partial charge >= 0.3 is 18.0 Å². The van der Waals surface area contributed by atoms with E-state index in [1.807, 2.05) is 18.2 Å². The number of anilines is 1. The number of fused-ring (bicyclic) bond motifs is 1. The fourth-order valence-corrected chi connectivity index (χ4v) is 3.26. The minimum atomic E-state index is -0.996. The third-order valence-electron chi connectivity index (χ3n) is 5.23. The Morgan fingerprint density at radius 1 is 1.11 bits per heavy atom. The smallest absolute Gasteiger partial charge is 0.408 e. The zero-order chi connectivity index (χ0) is 27.7. The Kier molecular flexibility index (Phi) is 9.76. The molecule has 0 unspecified atom stereocenters. The maximum Gasteiger partial charge on any atom is 0.408 e. The molecule has 3 rings (SSSR count). The summed E-state index contributed by atoms with van der Waals surface area (Å²) in [4.78, 5) is 58.7. The topological polar surface area (TPSA) is 190 Å². The number of nitrogens with one attached hydrogen (secondary N) is 2. The predicted molar refractivity (Wildman–Crippen MR) is 133 cm³/mol. The summed E-state index contributed by atoms with van der Waals surface area (Å²) in [6.07, 6.45) is -0.315. The molecule has 14 nitrogen and oxygen atoms in total. The average molecular weight is 531 g/mol. The van der Waals surface area contributed by atoms with E-state index in [0.29, 0.717) is 0 Å². The van der Waals surface area contributed by atoms with Crippen molar-refractivity contribution in [2.24, 2.45) is 5.92 Å². The lowest BCUT2D eigenvalue weighted by Gasteiger charge is -2.23. The number of ether oxygens (including phenoxy) is 4. The Labute approximate surface area is 217 Å². The second-order valence-corrected chi connectivity index (χ2v) is 8.62. The van der Waals surface area contributed by atoms with Crippen LogP contribution in [0.25, 0.3) is 11.2 Å². The van der Waals surface area contributed by atoms with Crippen LogP contribution in [-0.2, 0) is 41.9 Å². The molecule has 0 bridgehead atoms. The van der Waals surface area contributed by atoms with Crippen LogP contribution in [0.2, 0.25) is 0 Å². The maximum absolute atomic E-state index is 12.8. The molecule has 0 fully saturated rings. The molecule has 0 radical (unpaired) electrons. The van der Waals surface area contributed by atoms with Crippen LogP contribution in [0.1, 0.15) is 26.3 Å². The van der Waals surface area contributed by atoms with Crippen LogP contribution < -0.4 is 16.6 Å². The number of carbonyl (C=O) groups is 3. The summed E-state index contributed by atoms with van der Waals surface area (Å²) < 4.78 is 22.8. The van der Waals surface area contributed by atoms with E-state index in [-0.39, 0.29) is 49.6 Å². The van der Waals surface area contributed by atoms with Crippen LogP contribution in [0.5, 0.6) is 0 Å². The second-order valence-electron chi connectivity index (χ2n) is 8.62. The summed E-state index contributed by atoms with van der Waals surface area (Å²) in [5.74, 6) is -1.68. The molecule has 0 aliphatic carbocycles. The summed E-state index contributed by atoms with van der Waals surface area (Å²) in [6.45, 7) is 4.07. The number of aromatic nitrogens is 4. The van der Waals surface area contributed by atoms with Crippen molar-refractivity contribution in [1.82, 2.24) is 24.8 Å². The molecule has 1 aromatic carbocycles. The molecular formula is C24H30N6O8. The van der Waals surface area contributed by atoms with Gasteiger partial charge in [0.05, 0.1) is 6.33 Å². The Hall–Kier alpha value is -4.46. The van der Waals surface area contributed by atoms with Crippen LogP contribution >= 0.6 is 0 Å². The molecule has 2 heterocycles. The summed E-state index contributed by atoms with van der Waals surface area (Å²) in [5, 5.41) is 2.52. The Morgan fingerprint density at radius 3 is 2.50 bits per heavy atom. The summed E-state index contributed by atoms with van der Waals surface area (Å²) >= 11 is 0. The lowest BCUT2D eigenvalue weighted by Crippen LogP contribution is -2.46. The van der Waals surface area contributed by atoms with Crippen LogP contribution in [0.3, 0.4) is 0 Å². The summed E-state index contributed by atoms with van der Waals surface area (Å²) in [5.41, 5.74) is 6.15. The quantitative estimate of drug-likeness (QED) is 0.224. The van der Waals surface area contributed by atoms with E-state index < -0.39 is 35.7 Å². The largest absolute Gasteiger partial charge is 0.463 e. The fraction of sp³-hybridized carbons (Fsp3) is 0.417. The van der Waals surface area contributed by atoms with Crippen molar-refractivity contribution < 1.29 is 33.3 Å². The van der Waals surface area contributed by atoms with Gasteiger partial charge in [0.25, 0.3) is 5.56 Å². The highest BCUT2D eigenvalue weighted by molar-refractivity contribution is 5.81. The Bertz CT molecular complexity index is 1310. The Morgan fingerprint density at radius 2 is 1.82 bits per heavy atom. The highest BCUT2D eigenvalue weighted by atomic mass is 16.6. The number of amides is 1. The van der Waals surface area contributed by atoms with Crippen molar-refractivity contribution in [3.8, 4) is 0 Å². The third kappa shape index (κ3) is 8.03. The first-order valence-electron chi connectivity index (χ1n) is 11.7. The van der Waals surface area contributed by atoms with Gasteiger partial charge in [0, 0.05) is 6.92 Å². The number of benzene rings is 1. The SMILES string of the molecule is CC(=O)OC[C@H](COC(=O)[C@@H](NC(=O)OCc1ccccc1)C(C)C)OCn1cnc2c(=O)[nH]c(N)nc21. The number of hydrogen-bond acceptors (Lipinski definition) is 11. The molecule has 0 saturated heterocycles. The number of esters is 2. The van der Waals surface area contributed by atoms with E-state index in [9.17, 15) is 19.2 Å². The van der Waals surface area contributed by atoms with Crippen molar-refractivity contribution >= 4 is 35.1 Å². The number of imidazole rings is 1. The maximum atomic E-state index is 12.8. The van der Waals surface area contributed by atoms with Gasteiger partial charge in [-0.25, -0.2) is 14.6 Å². The van der Waals surface area contributed by atoms with E-state index in [1.165, 1.54) is 17.8 Å². The van der Waals surface area contributed by atoms with E-state index in [4.69, 9.17) is 24.7 Å². The standard InChI is InChI=1S/C24H30N6O8/c1-14(2)18(27-24(34)37-9-16-7-5-4-6-8-16)22(33)36-11-17(10-35-15(3)31)38-13-30-12-26-19-20(30)28-23(25)29-21(19)32/h4-8,12,14,17-18H,9-11,13H2,1-3H3,(H,27,34)(H3,25,28,29,32)/t17-,18+/m1/s1. The van der Waals surface area contributed by atoms with Gasteiger partial charge in [-0.1, -0.05) is 44.2 Å². The number of hydrogen-bond donors (Lipinski definition) is 3. The molecule has 204 valence electrons. The molecule has 2 aromatic heterocycles. The third-order valence-corrected chi connectivity index (χ3v) is 5.23. The number of nitrogens with two attached hydrogens (primary N) is 1. The molecule has 2 atom stereocenters. The predicted octanol–water partition coefficient (Wildman–Crippen LogP) is 1.10. The molecule has 4 N–H and O–H groups in total. The average Bonchev–Trinajstić information content (AvgIpc) is 3.28. The zero-order valence-corrected chi connectivity index (χ0v) is 21.2. The van der Waals surface area contributed by atoms with Crippen LogP contribution in [0, 0.1) is 5.92 Å². The number of H-pyrrole nitrogens is 1. The Balaban J connectivity index is 1.59. The van der Waals surface area contributed by atoms with Crippen molar-refractivity contribution in [2.75, 3.05) is 18.9 Å². The van der Waals surface area contributed by atoms with Crippen LogP contribution in [0.15, 0.2) is 41.5 Å². The van der Waals surface area contributed by atoms with E-state index in [0.717, 1.165) is 5.56 Å². The monoisotopic (exact) mass is 530 g/mol. The minimum Gasteiger partial charge on any atom is -0.463 e. The van der Waals surface area contributed by atoms with Gasteiger partial charge in [-0.3, -0.25) is 19.1 Å². The molecule has 0 spiro atoms. The molecule has 0 saturated carbocycles. The molecule has 3 aromatic rings. The van der Waals surface area contributed by atoms with E-state index in [2.05, 4.69) is 20.3 Å². The minimum absolute atomic E-state index is 0.0418. The number of carbonyl (C=O) groups excluding carboxylic acids is 3. The molecule has 0 aliphatic heterocycles. The number of nitrogens with zero attached hydrogens (tertiary/aromatic N) is 3. The molecule has 0 aliphatic rings. The first-order valence-corrected chi connectivity index (χ1v) is 11.7. The van der Waals surface area contributed by atoms with Crippen molar-refractivity contribution in [3.63, 3.8) is 0 Å². The van der Waals surface area contributed by atoms with Gasteiger partial charge in [0.15, 0.2) is 11.2 Å². The van der Waals surface area contributed by atoms with Gasteiger partial charge in [-0.15, -0.1) is 0 Å². The highest BCUT2D eigenvalue weighted by Gasteiger charge is 2.28. The van der Waals surface area contributed by atoms with Gasteiger partial charge in [-0.05, 0) is 11.5 Å². The summed E-state index contributed by atoms with van der Waals surface area (Å²) in [7, 11) is 0. The lowest BCUT2D eigenvalue weighted by atomic mass is 10.1. The van der Waals surface area contributed by atoms with Crippen LogP contribution in [0.4, 0.5) is 10.7 Å². The first-order chi connectivity index (χ1) is 18.1. The van der Waals surface area contributed by atoms with Gasteiger partial charge < -0.3 is 30.0 Å². The summed E-state index contributed by atoms with van der Waals surface area (Å²) in [6, 6.07) is 8.10. The van der Waals surface area contributed by atoms with Gasteiger partial charge in [0.1, 0.15) is 38.7 Å². The molecule has 38 heavy (non-hydrogen) atoms. The number of alkyl carbamates (subject to hydrolysis) is 1. The van der Waals surface area contributed by atoms with E-state index >= 15 is 0 Å². The molecule has 1 amide bonds. The number of nitrogen functional groups attached to an aromatic ring is 1. The molecular weight excluding hydrogens is 500 g/mol. The fourth-order valence-electron chi connectivity index (χ4n) is 3.26. The number of aromatic amines is 1. The van der Waals surface area contributed by atoms with Crippen molar-refractivity contribution in [2.45, 2.75) is 46.3 Å².